The molecule has 1 heterocycles. The second-order valence-corrected chi connectivity index (χ2v) is 6.40. The van der Waals surface area contributed by atoms with Gasteiger partial charge in [-0.2, -0.15) is 0 Å². The van der Waals surface area contributed by atoms with E-state index in [1.165, 1.54) is 4.88 Å². The van der Waals surface area contributed by atoms with E-state index in [0.29, 0.717) is 6.61 Å². The Morgan fingerprint density at radius 2 is 2.18 bits per heavy atom. The molecule has 1 aromatic heterocycles. The molecule has 1 unspecified atom stereocenters. The maximum absolute atomic E-state index is 5.83. The summed E-state index contributed by atoms with van der Waals surface area (Å²) >= 11 is 5.12. The van der Waals surface area contributed by atoms with Crippen molar-refractivity contribution in [2.75, 3.05) is 0 Å². The molecule has 4 heteroatoms. The molecule has 0 fully saturated rings. The number of thiophene rings is 1. The van der Waals surface area contributed by atoms with Crippen molar-refractivity contribution >= 4 is 27.3 Å². The van der Waals surface area contributed by atoms with Crippen LogP contribution < -0.4 is 10.5 Å². The minimum absolute atomic E-state index is 0.0365. The minimum Gasteiger partial charge on any atom is -0.488 e. The summed E-state index contributed by atoms with van der Waals surface area (Å²) in [5, 5.41) is 0. The lowest BCUT2D eigenvalue weighted by molar-refractivity contribution is 0.309. The zero-order valence-electron chi connectivity index (χ0n) is 9.52. The Labute approximate surface area is 114 Å². The molecular weight excluding hydrogens is 298 g/mol. The van der Waals surface area contributed by atoms with Crippen molar-refractivity contribution in [3.8, 4) is 5.75 Å². The summed E-state index contributed by atoms with van der Waals surface area (Å²) in [5.41, 5.74) is 6.93. The predicted molar refractivity (Wildman–Crippen MR) is 75.4 cm³/mol. The van der Waals surface area contributed by atoms with E-state index in [-0.39, 0.29) is 6.04 Å². The van der Waals surface area contributed by atoms with Crippen molar-refractivity contribution in [3.05, 3.63) is 50.6 Å². The van der Waals surface area contributed by atoms with Crippen molar-refractivity contribution in [1.29, 1.82) is 0 Å². The minimum atomic E-state index is 0.0365. The first-order valence-electron chi connectivity index (χ1n) is 5.37. The van der Waals surface area contributed by atoms with E-state index in [1.54, 1.807) is 11.3 Å². The highest BCUT2D eigenvalue weighted by atomic mass is 79.9. The topological polar surface area (TPSA) is 35.2 Å². The highest BCUT2D eigenvalue weighted by Gasteiger charge is 2.02. The molecule has 2 N–H and O–H groups in total. The van der Waals surface area contributed by atoms with Gasteiger partial charge in [0.25, 0.3) is 0 Å². The summed E-state index contributed by atoms with van der Waals surface area (Å²) in [6, 6.07) is 12.1. The standard InChI is InChI=1S/C13H14BrNOS/c1-9(15)10-3-2-4-11(7-10)16-8-12-5-6-13(14)17-12/h2-7,9H,8,15H2,1H3. The van der Waals surface area contributed by atoms with Crippen LogP contribution in [0, 0.1) is 0 Å². The average molecular weight is 312 g/mol. The number of benzene rings is 1. The number of hydrogen-bond acceptors (Lipinski definition) is 3. The summed E-state index contributed by atoms with van der Waals surface area (Å²) in [6.45, 7) is 2.56. The summed E-state index contributed by atoms with van der Waals surface area (Å²) in [7, 11) is 0. The summed E-state index contributed by atoms with van der Waals surface area (Å²) < 4.78 is 6.86. The van der Waals surface area contributed by atoms with Crippen LogP contribution >= 0.6 is 27.3 Å². The van der Waals surface area contributed by atoms with Crippen molar-refractivity contribution in [1.82, 2.24) is 0 Å². The third-order valence-corrected chi connectivity index (χ3v) is 3.99. The zero-order chi connectivity index (χ0) is 12.3. The van der Waals surface area contributed by atoms with Crippen LogP contribution in [-0.4, -0.2) is 0 Å². The predicted octanol–water partition coefficient (Wildman–Crippen LogP) is 4.11. The molecule has 2 aromatic rings. The molecule has 0 radical (unpaired) electrons. The Bertz CT molecular complexity index is 496. The van der Waals surface area contributed by atoms with Gasteiger partial charge in [-0.15, -0.1) is 11.3 Å². The summed E-state index contributed by atoms with van der Waals surface area (Å²) in [6.07, 6.45) is 0. The van der Waals surface area contributed by atoms with E-state index < -0.39 is 0 Å². The Morgan fingerprint density at radius 1 is 1.35 bits per heavy atom. The number of nitrogens with two attached hydrogens (primary N) is 1. The lowest BCUT2D eigenvalue weighted by Gasteiger charge is -2.09. The average Bonchev–Trinajstić information content (AvgIpc) is 2.73. The van der Waals surface area contributed by atoms with Gasteiger partial charge in [0.1, 0.15) is 12.4 Å². The zero-order valence-corrected chi connectivity index (χ0v) is 11.9. The molecule has 0 aliphatic carbocycles. The molecule has 0 aliphatic rings. The Kier molecular flexibility index (Phi) is 4.20. The number of rotatable bonds is 4. The molecular formula is C13H14BrNOS. The third-order valence-electron chi connectivity index (χ3n) is 2.39. The van der Waals surface area contributed by atoms with E-state index in [2.05, 4.69) is 22.0 Å². The summed E-state index contributed by atoms with van der Waals surface area (Å²) in [4.78, 5) is 1.20. The lowest BCUT2D eigenvalue weighted by Crippen LogP contribution is -2.05. The molecule has 0 spiro atoms. The molecule has 0 saturated carbocycles. The van der Waals surface area contributed by atoms with Gasteiger partial charge in [-0.3, -0.25) is 0 Å². The van der Waals surface area contributed by atoms with Gasteiger partial charge in [0.15, 0.2) is 0 Å². The number of halogens is 1. The fourth-order valence-corrected chi connectivity index (χ4v) is 2.87. The Hall–Kier alpha value is -0.840. The van der Waals surface area contributed by atoms with Crippen molar-refractivity contribution in [3.63, 3.8) is 0 Å². The smallest absolute Gasteiger partial charge is 0.122 e. The SMILES string of the molecule is CC(N)c1cccc(OCc2ccc(Br)s2)c1. The second kappa shape index (κ2) is 5.67. The monoisotopic (exact) mass is 311 g/mol. The van der Waals surface area contributed by atoms with Crippen molar-refractivity contribution in [2.45, 2.75) is 19.6 Å². The van der Waals surface area contributed by atoms with Crippen LogP contribution in [0.1, 0.15) is 23.4 Å². The molecule has 1 atom stereocenters. The largest absolute Gasteiger partial charge is 0.488 e. The van der Waals surface area contributed by atoms with E-state index in [1.807, 2.05) is 37.3 Å². The molecule has 2 nitrogen and oxygen atoms in total. The van der Waals surface area contributed by atoms with Crippen LogP contribution in [0.15, 0.2) is 40.2 Å². The molecule has 1 aromatic carbocycles. The quantitative estimate of drug-likeness (QED) is 0.922. The van der Waals surface area contributed by atoms with Crippen LogP contribution in [-0.2, 0) is 6.61 Å². The third kappa shape index (κ3) is 3.56. The van der Waals surface area contributed by atoms with Crippen LogP contribution in [0.4, 0.5) is 0 Å². The van der Waals surface area contributed by atoms with E-state index in [0.717, 1.165) is 15.1 Å². The normalized spacial score (nSPS) is 12.4. The van der Waals surface area contributed by atoms with Gasteiger partial charge in [-0.05, 0) is 52.7 Å². The highest BCUT2D eigenvalue weighted by Crippen LogP contribution is 2.24. The summed E-state index contributed by atoms with van der Waals surface area (Å²) in [5.74, 6) is 0.865. The fraction of sp³-hybridized carbons (Fsp3) is 0.231. The molecule has 17 heavy (non-hydrogen) atoms. The molecule has 0 amide bonds. The highest BCUT2D eigenvalue weighted by molar-refractivity contribution is 9.11. The molecule has 0 aliphatic heterocycles. The van der Waals surface area contributed by atoms with Gasteiger partial charge in [-0.1, -0.05) is 12.1 Å². The van der Waals surface area contributed by atoms with Crippen LogP contribution in [0.25, 0.3) is 0 Å². The number of hydrogen-bond donors (Lipinski definition) is 1. The van der Waals surface area contributed by atoms with Gasteiger partial charge in [-0.25, -0.2) is 0 Å². The fourth-order valence-electron chi connectivity index (χ4n) is 1.47. The molecule has 2 rings (SSSR count). The van der Waals surface area contributed by atoms with E-state index in [4.69, 9.17) is 10.5 Å². The van der Waals surface area contributed by atoms with Crippen LogP contribution in [0.2, 0.25) is 0 Å². The van der Waals surface area contributed by atoms with Gasteiger partial charge in [0.2, 0.25) is 0 Å². The van der Waals surface area contributed by atoms with Gasteiger partial charge in [0.05, 0.1) is 3.79 Å². The molecule has 0 bridgehead atoms. The van der Waals surface area contributed by atoms with Gasteiger partial charge >= 0.3 is 0 Å². The maximum Gasteiger partial charge on any atom is 0.122 e. The number of ether oxygens (including phenoxy) is 1. The van der Waals surface area contributed by atoms with Gasteiger partial charge < -0.3 is 10.5 Å². The molecule has 90 valence electrons. The lowest BCUT2D eigenvalue weighted by atomic mass is 10.1. The van der Waals surface area contributed by atoms with Gasteiger partial charge in [0, 0.05) is 10.9 Å². The first-order chi connectivity index (χ1) is 8.15. The second-order valence-electron chi connectivity index (χ2n) is 3.86. The first-order valence-corrected chi connectivity index (χ1v) is 6.98. The Morgan fingerprint density at radius 3 is 2.82 bits per heavy atom. The van der Waals surface area contributed by atoms with Crippen molar-refractivity contribution in [2.24, 2.45) is 5.73 Å². The first kappa shape index (κ1) is 12.6. The van der Waals surface area contributed by atoms with E-state index >= 15 is 0 Å². The Balaban J connectivity index is 2.01. The maximum atomic E-state index is 5.83. The van der Waals surface area contributed by atoms with E-state index in [9.17, 15) is 0 Å². The van der Waals surface area contributed by atoms with Crippen LogP contribution in [0.3, 0.4) is 0 Å². The molecule has 0 saturated heterocycles. The van der Waals surface area contributed by atoms with Crippen molar-refractivity contribution < 1.29 is 4.74 Å². The van der Waals surface area contributed by atoms with Crippen LogP contribution in [0.5, 0.6) is 5.75 Å².